The van der Waals surface area contributed by atoms with Crippen LogP contribution in [-0.2, 0) is 11.3 Å². The summed E-state index contributed by atoms with van der Waals surface area (Å²) in [4.78, 5) is 38.8. The minimum atomic E-state index is -0.173. The fraction of sp³-hybridized carbons (Fsp3) is 0.581. The molecule has 0 N–H and O–H groups in total. The van der Waals surface area contributed by atoms with Crippen LogP contribution in [0.2, 0.25) is 5.02 Å². The lowest BCUT2D eigenvalue weighted by Gasteiger charge is -2.32. The number of aryl methyl sites for hydroxylation is 1. The van der Waals surface area contributed by atoms with Gasteiger partial charge in [-0.05, 0) is 57.8 Å². The number of benzene rings is 1. The average Bonchev–Trinajstić information content (AvgIpc) is 3.62. The third-order valence-electron chi connectivity index (χ3n) is 8.48. The van der Waals surface area contributed by atoms with Crippen LogP contribution in [0.5, 0.6) is 0 Å². The summed E-state index contributed by atoms with van der Waals surface area (Å²) in [6, 6.07) is 9.07. The fourth-order valence-electron chi connectivity index (χ4n) is 6.06. The Morgan fingerprint density at radius 1 is 1.00 bits per heavy atom. The number of hydrogen-bond acceptors (Lipinski definition) is 6. The molecular weight excluding hydrogens is 524 g/mol. The van der Waals surface area contributed by atoms with Crippen LogP contribution in [0.1, 0.15) is 58.3 Å². The second-order valence-electron chi connectivity index (χ2n) is 11.4. The van der Waals surface area contributed by atoms with Crippen LogP contribution in [0.25, 0.3) is 17.0 Å². The zero-order valence-corrected chi connectivity index (χ0v) is 24.8. The molecule has 4 heterocycles. The van der Waals surface area contributed by atoms with Crippen molar-refractivity contribution in [1.29, 1.82) is 0 Å². The predicted octanol–water partition coefficient (Wildman–Crippen LogP) is 4.96. The number of unbranched alkanes of at least 4 members (excludes halogenated alkanes) is 3. The van der Waals surface area contributed by atoms with E-state index in [2.05, 4.69) is 33.2 Å². The van der Waals surface area contributed by atoms with E-state index in [1.54, 1.807) is 10.5 Å². The molecule has 2 fully saturated rings. The van der Waals surface area contributed by atoms with Gasteiger partial charge in [-0.15, -0.1) is 0 Å². The maximum absolute atomic E-state index is 13.5. The Morgan fingerprint density at radius 2 is 1.75 bits per heavy atom. The summed E-state index contributed by atoms with van der Waals surface area (Å²) in [5.41, 5.74) is 1.54. The van der Waals surface area contributed by atoms with E-state index in [9.17, 15) is 9.59 Å². The van der Waals surface area contributed by atoms with Gasteiger partial charge >= 0.3 is 0 Å². The lowest BCUT2D eigenvalue weighted by Crippen LogP contribution is -2.44. The van der Waals surface area contributed by atoms with Gasteiger partial charge in [-0.1, -0.05) is 43.5 Å². The highest BCUT2D eigenvalue weighted by Crippen LogP contribution is 2.29. The van der Waals surface area contributed by atoms with Crippen molar-refractivity contribution in [3.8, 4) is 11.3 Å². The Hall–Kier alpha value is -2.68. The number of imidazole rings is 1. The summed E-state index contributed by atoms with van der Waals surface area (Å²) in [6.45, 7) is 9.28. The molecule has 0 radical (unpaired) electrons. The Bertz CT molecular complexity index is 1340. The van der Waals surface area contributed by atoms with Gasteiger partial charge in [0.05, 0.1) is 11.7 Å². The van der Waals surface area contributed by atoms with Crippen LogP contribution >= 0.6 is 11.6 Å². The second-order valence-corrected chi connectivity index (χ2v) is 11.9. The van der Waals surface area contributed by atoms with Crippen LogP contribution in [0.4, 0.5) is 5.82 Å². The Labute approximate surface area is 242 Å². The number of piperazine rings is 1. The number of carbonyl (C=O) groups excluding carboxylic acids is 1. The molecule has 1 atom stereocenters. The van der Waals surface area contributed by atoms with E-state index in [1.165, 1.54) is 0 Å². The predicted molar refractivity (Wildman–Crippen MR) is 163 cm³/mol. The standard InChI is InChI=1S/C31H43ClN6O2/c1-3-4-6-16-37-29(22-30(40)38-23-26(33-31(37)38)24-11-13-25(32)14-12-24)36-17-8-9-27(36)28(39)10-5-7-15-35-20-18-34(2)19-21-35/h11-14,22-23,27H,3-10,15-21H2,1-2H3/t27-/m0/s1. The van der Waals surface area contributed by atoms with E-state index in [0.29, 0.717) is 23.0 Å². The fourth-order valence-corrected chi connectivity index (χ4v) is 6.19. The highest BCUT2D eigenvalue weighted by Gasteiger charge is 2.32. The van der Waals surface area contributed by atoms with Gasteiger partial charge in [-0.2, -0.15) is 0 Å². The number of nitrogens with zero attached hydrogens (tertiary/aromatic N) is 6. The summed E-state index contributed by atoms with van der Waals surface area (Å²) in [7, 11) is 2.18. The van der Waals surface area contributed by atoms with E-state index in [1.807, 2.05) is 30.5 Å². The first kappa shape index (κ1) is 28.8. The normalized spacial score (nSPS) is 18.7. The highest BCUT2D eigenvalue weighted by molar-refractivity contribution is 6.30. The van der Waals surface area contributed by atoms with Gasteiger partial charge < -0.3 is 14.7 Å². The number of hydrogen-bond donors (Lipinski definition) is 0. The summed E-state index contributed by atoms with van der Waals surface area (Å²) in [6.07, 6.45) is 9.37. The zero-order chi connectivity index (χ0) is 28.1. The molecule has 2 aliphatic heterocycles. The van der Waals surface area contributed by atoms with Crippen molar-refractivity contribution in [2.75, 3.05) is 51.2 Å². The van der Waals surface area contributed by atoms with Crippen molar-refractivity contribution >= 4 is 29.0 Å². The van der Waals surface area contributed by atoms with Gasteiger partial charge in [0.15, 0.2) is 5.78 Å². The van der Waals surface area contributed by atoms with Gasteiger partial charge in [0, 0.05) is 68.5 Å². The van der Waals surface area contributed by atoms with Gasteiger partial charge in [-0.3, -0.25) is 18.6 Å². The first-order valence-corrected chi connectivity index (χ1v) is 15.4. The van der Waals surface area contributed by atoms with Crippen molar-refractivity contribution in [3.05, 3.63) is 51.9 Å². The molecule has 2 aromatic heterocycles. The van der Waals surface area contributed by atoms with Gasteiger partial charge in [0.25, 0.3) is 5.56 Å². The van der Waals surface area contributed by atoms with E-state index in [4.69, 9.17) is 16.6 Å². The average molecular weight is 567 g/mol. The van der Waals surface area contributed by atoms with Crippen LogP contribution in [0.3, 0.4) is 0 Å². The minimum Gasteiger partial charge on any atom is -0.348 e. The summed E-state index contributed by atoms with van der Waals surface area (Å²) < 4.78 is 3.81. The molecule has 9 heteroatoms. The van der Waals surface area contributed by atoms with Gasteiger partial charge in [0.2, 0.25) is 5.78 Å². The lowest BCUT2D eigenvalue weighted by atomic mass is 10.0. The van der Waals surface area contributed by atoms with E-state index >= 15 is 0 Å². The van der Waals surface area contributed by atoms with Crippen molar-refractivity contribution in [1.82, 2.24) is 23.8 Å². The second kappa shape index (κ2) is 13.3. The first-order valence-electron chi connectivity index (χ1n) is 15.0. The Morgan fingerprint density at radius 3 is 2.50 bits per heavy atom. The summed E-state index contributed by atoms with van der Waals surface area (Å²) in [5.74, 6) is 1.76. The van der Waals surface area contributed by atoms with E-state index < -0.39 is 0 Å². The number of carbonyl (C=O) groups is 1. The number of ketones is 1. The highest BCUT2D eigenvalue weighted by atomic mass is 35.5. The Balaban J connectivity index is 1.35. The van der Waals surface area contributed by atoms with Gasteiger partial charge in [0.1, 0.15) is 5.82 Å². The molecule has 2 aliphatic rings. The number of fused-ring (bicyclic) bond motifs is 1. The molecule has 0 spiro atoms. The molecule has 0 amide bonds. The molecule has 8 nitrogen and oxygen atoms in total. The van der Waals surface area contributed by atoms with Crippen LogP contribution in [-0.4, -0.2) is 81.9 Å². The smallest absolute Gasteiger partial charge is 0.261 e. The maximum Gasteiger partial charge on any atom is 0.261 e. The lowest BCUT2D eigenvalue weighted by molar-refractivity contribution is -0.120. The molecule has 0 saturated carbocycles. The molecule has 2 saturated heterocycles. The molecular formula is C31H43ClN6O2. The number of halogens is 1. The number of likely N-dealkylation sites (N-methyl/N-ethyl adjacent to an activating group) is 1. The topological polar surface area (TPSA) is 66.1 Å². The first-order chi connectivity index (χ1) is 19.4. The molecule has 3 aromatic rings. The third kappa shape index (κ3) is 6.61. The largest absolute Gasteiger partial charge is 0.348 e. The molecule has 216 valence electrons. The van der Waals surface area contributed by atoms with E-state index in [-0.39, 0.29) is 11.6 Å². The minimum absolute atomic E-state index is 0.116. The molecule has 0 bridgehead atoms. The quantitative estimate of drug-likeness (QED) is 0.289. The monoisotopic (exact) mass is 566 g/mol. The Kier molecular flexibility index (Phi) is 9.60. The number of aromatic nitrogens is 3. The molecule has 1 aromatic carbocycles. The molecule has 0 unspecified atom stereocenters. The van der Waals surface area contributed by atoms with Gasteiger partial charge in [-0.25, -0.2) is 4.98 Å². The van der Waals surface area contributed by atoms with E-state index in [0.717, 1.165) is 108 Å². The van der Waals surface area contributed by atoms with Crippen molar-refractivity contribution in [2.45, 2.75) is 70.9 Å². The number of anilines is 1. The van der Waals surface area contributed by atoms with Crippen LogP contribution < -0.4 is 10.5 Å². The van der Waals surface area contributed by atoms with Crippen LogP contribution in [0.15, 0.2) is 41.3 Å². The molecule has 0 aliphatic carbocycles. The number of Topliss-reactive ketones (excluding diaryl/α,β-unsaturated/α-hetero) is 1. The van der Waals surface area contributed by atoms with Crippen molar-refractivity contribution in [3.63, 3.8) is 0 Å². The van der Waals surface area contributed by atoms with Crippen molar-refractivity contribution in [2.24, 2.45) is 0 Å². The van der Waals surface area contributed by atoms with Crippen molar-refractivity contribution < 1.29 is 4.79 Å². The molecule has 40 heavy (non-hydrogen) atoms. The zero-order valence-electron chi connectivity index (χ0n) is 24.0. The molecule has 5 rings (SSSR count). The maximum atomic E-state index is 13.5. The SMILES string of the molecule is CCCCCn1c(N2CCC[C@H]2C(=O)CCCCN2CCN(C)CC2)cc(=O)n2cc(-c3ccc(Cl)cc3)nc12. The summed E-state index contributed by atoms with van der Waals surface area (Å²) >= 11 is 6.10. The third-order valence-corrected chi connectivity index (χ3v) is 8.73. The van der Waals surface area contributed by atoms with Crippen LogP contribution in [0, 0.1) is 0 Å². The summed E-state index contributed by atoms with van der Waals surface area (Å²) in [5, 5.41) is 0.665. The number of rotatable bonds is 12.